The summed E-state index contributed by atoms with van der Waals surface area (Å²) in [6, 6.07) is 11.7. The number of hydrogen-bond donors (Lipinski definition) is 0. The number of benzene rings is 2. The van der Waals surface area contributed by atoms with E-state index >= 15 is 0 Å². The molecule has 5 aromatic rings. The largest absolute Gasteiger partial charge is 0.274 e. The summed E-state index contributed by atoms with van der Waals surface area (Å²) < 4.78 is 30.9. The third-order valence-electron chi connectivity index (χ3n) is 5.15. The third-order valence-corrected chi connectivity index (χ3v) is 6.15. The summed E-state index contributed by atoms with van der Waals surface area (Å²) in [5, 5.41) is 13.8. The molecule has 8 heteroatoms. The summed E-state index contributed by atoms with van der Waals surface area (Å²) >= 11 is 1.30. The van der Waals surface area contributed by atoms with Crippen LogP contribution in [-0.4, -0.2) is 24.2 Å². The van der Waals surface area contributed by atoms with Crippen LogP contribution >= 0.6 is 11.8 Å². The van der Waals surface area contributed by atoms with Crippen molar-refractivity contribution in [2.75, 3.05) is 0 Å². The number of thioether (sulfide) groups is 1. The van der Waals surface area contributed by atoms with Gasteiger partial charge in [-0.15, -0.1) is 10.2 Å². The molecule has 0 aliphatic heterocycles. The zero-order chi connectivity index (χ0) is 20.8. The van der Waals surface area contributed by atoms with Gasteiger partial charge in [0.25, 0.3) is 0 Å². The number of aryl methyl sites for hydroxylation is 2. The molecular weight excluding hydrogens is 404 g/mol. The fourth-order valence-corrected chi connectivity index (χ4v) is 4.22. The van der Waals surface area contributed by atoms with Crippen LogP contribution in [0.1, 0.15) is 16.7 Å². The highest BCUT2D eigenvalue weighted by atomic mass is 32.2. The second kappa shape index (κ2) is 7.21. The van der Waals surface area contributed by atoms with Crippen LogP contribution in [0.3, 0.4) is 0 Å². The predicted octanol–water partition coefficient (Wildman–Crippen LogP) is 5.23. The molecule has 0 aliphatic carbocycles. The Morgan fingerprint density at radius 1 is 0.933 bits per heavy atom. The van der Waals surface area contributed by atoms with Crippen LogP contribution in [0.25, 0.3) is 22.4 Å². The topological polar surface area (TPSA) is 47.5 Å². The van der Waals surface area contributed by atoms with Gasteiger partial charge in [-0.05, 0) is 55.3 Å². The van der Waals surface area contributed by atoms with Crippen molar-refractivity contribution in [3.63, 3.8) is 0 Å². The van der Waals surface area contributed by atoms with Crippen molar-refractivity contribution < 1.29 is 8.78 Å². The molecule has 0 spiro atoms. The first-order chi connectivity index (χ1) is 14.5. The maximum atomic E-state index is 13.9. The van der Waals surface area contributed by atoms with Crippen LogP contribution < -0.4 is 0 Å². The van der Waals surface area contributed by atoms with Gasteiger partial charge in [-0.3, -0.25) is 4.40 Å². The van der Waals surface area contributed by atoms with Crippen LogP contribution in [-0.2, 0) is 5.75 Å². The minimum Gasteiger partial charge on any atom is -0.274 e. The summed E-state index contributed by atoms with van der Waals surface area (Å²) in [5.41, 5.74) is 6.10. The zero-order valence-corrected chi connectivity index (χ0v) is 17.1. The van der Waals surface area contributed by atoms with Crippen molar-refractivity contribution >= 4 is 22.9 Å². The lowest BCUT2D eigenvalue weighted by Gasteiger charge is -2.03. The van der Waals surface area contributed by atoms with Crippen molar-refractivity contribution in [1.29, 1.82) is 0 Å². The summed E-state index contributed by atoms with van der Waals surface area (Å²) in [5.74, 6) is -0.644. The highest BCUT2D eigenvalue weighted by Gasteiger charge is 2.14. The first-order valence-corrected chi connectivity index (χ1v) is 10.4. The SMILES string of the molecule is Cc1ccc(-c2cc3c4nnc(SCc5cc(F)ccc5F)n4ccn3n2)cc1C. The van der Waals surface area contributed by atoms with E-state index < -0.39 is 11.6 Å². The molecule has 0 bridgehead atoms. The van der Waals surface area contributed by atoms with Gasteiger partial charge in [-0.1, -0.05) is 23.9 Å². The molecule has 0 atom stereocenters. The molecule has 5 nitrogen and oxygen atoms in total. The third kappa shape index (κ3) is 3.23. The monoisotopic (exact) mass is 421 g/mol. The number of halogens is 2. The molecule has 0 aliphatic rings. The highest BCUT2D eigenvalue weighted by molar-refractivity contribution is 7.98. The van der Waals surface area contributed by atoms with Gasteiger partial charge >= 0.3 is 0 Å². The fraction of sp³-hybridized carbons (Fsp3) is 0.136. The van der Waals surface area contributed by atoms with Gasteiger partial charge in [0.15, 0.2) is 10.8 Å². The Balaban J connectivity index is 1.50. The molecule has 0 N–H and O–H groups in total. The van der Waals surface area contributed by atoms with E-state index in [1.165, 1.54) is 29.0 Å². The lowest BCUT2D eigenvalue weighted by Crippen LogP contribution is -1.95. The number of rotatable bonds is 4. The average Bonchev–Trinajstić information content (AvgIpc) is 3.34. The molecule has 3 heterocycles. The standard InChI is InChI=1S/C22H17F2N5S/c1-13-3-4-15(9-14(13)2)19-11-20-21-25-26-22(28(21)7-8-29(20)27-19)30-12-16-10-17(23)5-6-18(16)24/h3-11H,12H2,1-2H3. The summed E-state index contributed by atoms with van der Waals surface area (Å²) in [6.45, 7) is 4.16. The van der Waals surface area contributed by atoms with Crippen LogP contribution in [0.5, 0.6) is 0 Å². The minimum absolute atomic E-state index is 0.253. The van der Waals surface area contributed by atoms with Crippen molar-refractivity contribution in [1.82, 2.24) is 24.2 Å². The molecule has 0 amide bonds. The molecule has 5 rings (SSSR count). The number of nitrogens with zero attached hydrogens (tertiary/aromatic N) is 5. The van der Waals surface area contributed by atoms with Crippen molar-refractivity contribution in [3.8, 4) is 11.3 Å². The molecule has 3 aromatic heterocycles. The van der Waals surface area contributed by atoms with Crippen molar-refractivity contribution in [3.05, 3.63) is 83.2 Å². The van der Waals surface area contributed by atoms with Crippen LogP contribution in [0.2, 0.25) is 0 Å². The van der Waals surface area contributed by atoms with E-state index in [-0.39, 0.29) is 5.75 Å². The number of fused-ring (bicyclic) bond motifs is 3. The zero-order valence-electron chi connectivity index (χ0n) is 16.3. The molecule has 0 radical (unpaired) electrons. The second-order valence-electron chi connectivity index (χ2n) is 7.16. The Morgan fingerprint density at radius 3 is 2.63 bits per heavy atom. The second-order valence-corrected chi connectivity index (χ2v) is 8.10. The molecule has 30 heavy (non-hydrogen) atoms. The molecule has 0 saturated heterocycles. The molecule has 2 aromatic carbocycles. The van der Waals surface area contributed by atoms with E-state index in [1.807, 2.05) is 22.9 Å². The van der Waals surface area contributed by atoms with Crippen LogP contribution in [0.15, 0.2) is 60.0 Å². The van der Waals surface area contributed by atoms with Crippen LogP contribution in [0, 0.1) is 25.5 Å². The van der Waals surface area contributed by atoms with Gasteiger partial charge < -0.3 is 0 Å². The summed E-state index contributed by atoms with van der Waals surface area (Å²) in [7, 11) is 0. The maximum Gasteiger partial charge on any atom is 0.196 e. The molecule has 0 fully saturated rings. The Morgan fingerprint density at radius 2 is 1.80 bits per heavy atom. The van der Waals surface area contributed by atoms with Crippen molar-refractivity contribution in [2.24, 2.45) is 0 Å². The van der Waals surface area contributed by atoms with Gasteiger partial charge in [-0.2, -0.15) is 5.10 Å². The fourth-order valence-electron chi connectivity index (χ4n) is 3.33. The molecule has 0 saturated carbocycles. The minimum atomic E-state index is -0.460. The Hall–Kier alpha value is -3.26. The maximum absolute atomic E-state index is 13.9. The first-order valence-electron chi connectivity index (χ1n) is 9.37. The van der Waals surface area contributed by atoms with Gasteiger partial charge in [0, 0.05) is 29.3 Å². The van der Waals surface area contributed by atoms with E-state index in [4.69, 9.17) is 0 Å². The average molecular weight is 421 g/mol. The quantitative estimate of drug-likeness (QED) is 0.373. The molecular formula is C22H17F2N5S. The van der Waals surface area contributed by atoms with E-state index in [0.29, 0.717) is 16.4 Å². The first kappa shape index (κ1) is 18.7. The van der Waals surface area contributed by atoms with E-state index in [1.54, 1.807) is 4.52 Å². The molecule has 150 valence electrons. The van der Waals surface area contributed by atoms with E-state index in [2.05, 4.69) is 47.3 Å². The van der Waals surface area contributed by atoms with Gasteiger partial charge in [0.05, 0.1) is 5.69 Å². The van der Waals surface area contributed by atoms with Gasteiger partial charge in [0.1, 0.15) is 17.2 Å². The highest BCUT2D eigenvalue weighted by Crippen LogP contribution is 2.27. The van der Waals surface area contributed by atoms with Crippen molar-refractivity contribution in [2.45, 2.75) is 24.8 Å². The van der Waals surface area contributed by atoms with E-state index in [9.17, 15) is 8.78 Å². The lowest BCUT2D eigenvalue weighted by molar-refractivity contribution is 0.591. The summed E-state index contributed by atoms with van der Waals surface area (Å²) in [4.78, 5) is 0. The van der Waals surface area contributed by atoms with Gasteiger partial charge in [0.2, 0.25) is 0 Å². The Kier molecular flexibility index (Phi) is 4.51. The Labute approximate surface area is 175 Å². The smallest absolute Gasteiger partial charge is 0.196 e. The number of hydrogen-bond acceptors (Lipinski definition) is 4. The van der Waals surface area contributed by atoms with Gasteiger partial charge in [-0.25, -0.2) is 13.3 Å². The van der Waals surface area contributed by atoms with Crippen LogP contribution in [0.4, 0.5) is 8.78 Å². The van der Waals surface area contributed by atoms with E-state index in [0.717, 1.165) is 28.9 Å². The normalized spacial score (nSPS) is 11.6. The lowest BCUT2D eigenvalue weighted by atomic mass is 10.0. The number of aromatic nitrogens is 5. The summed E-state index contributed by atoms with van der Waals surface area (Å²) in [6.07, 6.45) is 3.66. The Bertz CT molecular complexity index is 1410. The predicted molar refractivity (Wildman–Crippen MR) is 113 cm³/mol. The molecule has 0 unspecified atom stereocenters.